The Kier molecular flexibility index (Phi) is 2.67. The van der Waals surface area contributed by atoms with Crippen LogP contribution in [-0.4, -0.2) is 22.5 Å². The van der Waals surface area contributed by atoms with Gasteiger partial charge in [-0.2, -0.15) is 0 Å². The first kappa shape index (κ1) is 9.71. The second-order valence-corrected chi connectivity index (χ2v) is 3.29. The highest BCUT2D eigenvalue weighted by molar-refractivity contribution is 5.74. The van der Waals surface area contributed by atoms with Gasteiger partial charge in [0.05, 0.1) is 17.6 Å². The van der Waals surface area contributed by atoms with E-state index >= 15 is 0 Å². The predicted molar refractivity (Wildman–Crippen MR) is 56.4 cm³/mol. The third kappa shape index (κ3) is 2.34. The number of aromatic nitrogens is 2. The largest absolute Gasteiger partial charge is 0.465 e. The van der Waals surface area contributed by atoms with Gasteiger partial charge in [-0.05, 0) is 12.1 Å². The van der Waals surface area contributed by atoms with Gasteiger partial charge in [-0.25, -0.2) is 4.98 Å². The molecular weight excluding hydrogens is 192 g/mol. The molecule has 0 saturated heterocycles. The van der Waals surface area contributed by atoms with Crippen LogP contribution in [0.1, 0.15) is 12.7 Å². The van der Waals surface area contributed by atoms with Crippen LogP contribution in [0.2, 0.25) is 0 Å². The summed E-state index contributed by atoms with van der Waals surface area (Å²) in [5.41, 5.74) is 1.95. The third-order valence-electron chi connectivity index (χ3n) is 2.08. The van der Waals surface area contributed by atoms with Crippen LogP contribution in [0.3, 0.4) is 0 Å². The van der Waals surface area contributed by atoms with E-state index in [2.05, 4.69) is 9.97 Å². The van der Waals surface area contributed by atoms with Crippen molar-refractivity contribution in [2.75, 3.05) is 6.61 Å². The summed E-state index contributed by atoms with van der Waals surface area (Å²) in [5, 5.41) is 0. The van der Waals surface area contributed by atoms with E-state index < -0.39 is 0 Å². The molecule has 0 atom stereocenters. The Morgan fingerprint density at radius 1 is 1.47 bits per heavy atom. The normalized spacial score (nSPS) is 10.5. The zero-order chi connectivity index (χ0) is 10.7. The van der Waals surface area contributed by atoms with Gasteiger partial charge in [0, 0.05) is 13.3 Å². The summed E-state index contributed by atoms with van der Waals surface area (Å²) >= 11 is 0. The fourth-order valence-electron chi connectivity index (χ4n) is 1.42. The van der Waals surface area contributed by atoms with Crippen LogP contribution in [0.5, 0.6) is 0 Å². The summed E-state index contributed by atoms with van der Waals surface area (Å²) in [5.74, 6) is 0.587. The molecule has 1 N–H and O–H groups in total. The molecule has 0 radical (unpaired) electrons. The molecule has 0 unspecified atom stereocenters. The van der Waals surface area contributed by atoms with Gasteiger partial charge in [0.2, 0.25) is 0 Å². The Bertz CT molecular complexity index is 443. The summed E-state index contributed by atoms with van der Waals surface area (Å²) in [4.78, 5) is 18.1. The van der Waals surface area contributed by atoms with Crippen molar-refractivity contribution in [3.05, 3.63) is 30.1 Å². The molecule has 4 nitrogen and oxygen atoms in total. The molecule has 0 aliphatic heterocycles. The van der Waals surface area contributed by atoms with Gasteiger partial charge in [-0.15, -0.1) is 0 Å². The molecule has 2 aromatic rings. The van der Waals surface area contributed by atoms with Crippen LogP contribution in [-0.2, 0) is 16.0 Å². The first-order valence-electron chi connectivity index (χ1n) is 4.83. The van der Waals surface area contributed by atoms with Crippen LogP contribution >= 0.6 is 0 Å². The SMILES string of the molecule is CC(=O)OCCc1nc2ccccc2[nH]1. The zero-order valence-corrected chi connectivity index (χ0v) is 8.49. The van der Waals surface area contributed by atoms with Crippen molar-refractivity contribution in [1.82, 2.24) is 9.97 Å². The Labute approximate surface area is 87.3 Å². The Morgan fingerprint density at radius 3 is 3.00 bits per heavy atom. The minimum Gasteiger partial charge on any atom is -0.465 e. The molecule has 15 heavy (non-hydrogen) atoms. The molecule has 0 saturated carbocycles. The lowest BCUT2D eigenvalue weighted by Gasteiger charge is -1.97. The Balaban J connectivity index is 2.05. The van der Waals surface area contributed by atoms with E-state index in [4.69, 9.17) is 4.74 Å². The molecule has 0 aliphatic carbocycles. The molecule has 1 heterocycles. The third-order valence-corrected chi connectivity index (χ3v) is 2.08. The van der Waals surface area contributed by atoms with Gasteiger partial charge >= 0.3 is 5.97 Å². The van der Waals surface area contributed by atoms with E-state index in [-0.39, 0.29) is 5.97 Å². The van der Waals surface area contributed by atoms with Crippen LogP contribution in [0.25, 0.3) is 11.0 Å². The molecule has 2 rings (SSSR count). The number of fused-ring (bicyclic) bond motifs is 1. The number of imidazole rings is 1. The van der Waals surface area contributed by atoms with E-state index in [9.17, 15) is 4.79 Å². The summed E-state index contributed by atoms with van der Waals surface area (Å²) < 4.78 is 4.84. The average molecular weight is 204 g/mol. The summed E-state index contributed by atoms with van der Waals surface area (Å²) in [7, 11) is 0. The lowest BCUT2D eigenvalue weighted by atomic mass is 10.3. The molecule has 0 amide bonds. The quantitative estimate of drug-likeness (QED) is 0.774. The fraction of sp³-hybridized carbons (Fsp3) is 0.273. The van der Waals surface area contributed by atoms with E-state index in [1.165, 1.54) is 6.92 Å². The van der Waals surface area contributed by atoms with Crippen LogP contribution < -0.4 is 0 Å². The number of hydrogen-bond acceptors (Lipinski definition) is 3. The number of esters is 1. The standard InChI is InChI=1S/C11H12N2O2/c1-8(14)15-7-6-11-12-9-4-2-3-5-10(9)13-11/h2-5H,6-7H2,1H3,(H,12,13). The number of H-pyrrole nitrogens is 1. The highest BCUT2D eigenvalue weighted by atomic mass is 16.5. The van der Waals surface area contributed by atoms with E-state index in [0.717, 1.165) is 16.9 Å². The lowest BCUT2D eigenvalue weighted by molar-refractivity contribution is -0.140. The minimum atomic E-state index is -0.258. The Hall–Kier alpha value is -1.84. The number of rotatable bonds is 3. The molecule has 1 aromatic heterocycles. The second-order valence-electron chi connectivity index (χ2n) is 3.29. The van der Waals surface area contributed by atoms with Crippen LogP contribution in [0.15, 0.2) is 24.3 Å². The van der Waals surface area contributed by atoms with Crippen molar-refractivity contribution in [3.63, 3.8) is 0 Å². The van der Waals surface area contributed by atoms with Gasteiger partial charge in [0.25, 0.3) is 0 Å². The molecule has 0 bridgehead atoms. The van der Waals surface area contributed by atoms with Crippen LogP contribution in [0, 0.1) is 0 Å². The first-order valence-corrected chi connectivity index (χ1v) is 4.83. The van der Waals surface area contributed by atoms with E-state index in [1.54, 1.807) is 0 Å². The van der Waals surface area contributed by atoms with Gasteiger partial charge in [0.1, 0.15) is 5.82 Å². The zero-order valence-electron chi connectivity index (χ0n) is 8.49. The maximum atomic E-state index is 10.6. The monoisotopic (exact) mass is 204 g/mol. The molecule has 0 aliphatic rings. The topological polar surface area (TPSA) is 55.0 Å². The number of hydrogen-bond donors (Lipinski definition) is 1. The number of carbonyl (C=O) groups excluding carboxylic acids is 1. The first-order chi connectivity index (χ1) is 7.25. The van der Waals surface area contributed by atoms with Crippen molar-refractivity contribution in [2.45, 2.75) is 13.3 Å². The van der Waals surface area contributed by atoms with Crippen molar-refractivity contribution in [3.8, 4) is 0 Å². The average Bonchev–Trinajstić information content (AvgIpc) is 2.59. The number of ether oxygens (including phenoxy) is 1. The van der Waals surface area contributed by atoms with E-state index in [0.29, 0.717) is 13.0 Å². The van der Waals surface area contributed by atoms with Gasteiger partial charge in [0.15, 0.2) is 0 Å². The molecular formula is C11H12N2O2. The van der Waals surface area contributed by atoms with Gasteiger partial charge in [-0.3, -0.25) is 4.79 Å². The number of carbonyl (C=O) groups is 1. The molecule has 4 heteroatoms. The van der Waals surface area contributed by atoms with Gasteiger partial charge in [-0.1, -0.05) is 12.1 Å². The number of para-hydroxylation sites is 2. The maximum absolute atomic E-state index is 10.6. The van der Waals surface area contributed by atoms with E-state index in [1.807, 2.05) is 24.3 Å². The Morgan fingerprint density at radius 2 is 2.27 bits per heavy atom. The predicted octanol–water partition coefficient (Wildman–Crippen LogP) is 1.67. The molecule has 0 fully saturated rings. The minimum absolute atomic E-state index is 0.258. The summed E-state index contributed by atoms with van der Waals surface area (Å²) in [6.07, 6.45) is 0.619. The van der Waals surface area contributed by atoms with Crippen molar-refractivity contribution >= 4 is 17.0 Å². The lowest BCUT2D eigenvalue weighted by Crippen LogP contribution is -2.04. The number of benzene rings is 1. The molecule has 1 aromatic carbocycles. The molecule has 78 valence electrons. The van der Waals surface area contributed by atoms with Crippen LogP contribution in [0.4, 0.5) is 0 Å². The number of aromatic amines is 1. The van der Waals surface area contributed by atoms with Gasteiger partial charge < -0.3 is 9.72 Å². The summed E-state index contributed by atoms with van der Waals surface area (Å²) in [6, 6.07) is 7.81. The summed E-state index contributed by atoms with van der Waals surface area (Å²) in [6.45, 7) is 1.77. The maximum Gasteiger partial charge on any atom is 0.302 e. The number of nitrogens with one attached hydrogen (secondary N) is 1. The molecule has 0 spiro atoms. The van der Waals surface area contributed by atoms with Crippen molar-refractivity contribution in [1.29, 1.82) is 0 Å². The number of nitrogens with zero attached hydrogens (tertiary/aromatic N) is 1. The van der Waals surface area contributed by atoms with Crippen molar-refractivity contribution < 1.29 is 9.53 Å². The fourth-order valence-corrected chi connectivity index (χ4v) is 1.42. The second kappa shape index (κ2) is 4.13. The smallest absolute Gasteiger partial charge is 0.302 e. The highest BCUT2D eigenvalue weighted by Gasteiger charge is 2.02. The highest BCUT2D eigenvalue weighted by Crippen LogP contribution is 2.10. The van der Waals surface area contributed by atoms with Crippen molar-refractivity contribution in [2.24, 2.45) is 0 Å².